The first-order valence-electron chi connectivity index (χ1n) is 6.44. The average molecular weight is 268 g/mol. The number of benzene rings is 2. The average Bonchev–Trinajstić information content (AvgIpc) is 2.47. The monoisotopic (exact) mass is 268 g/mol. The lowest BCUT2D eigenvalue weighted by molar-refractivity contribution is -0.130. The molecular formula is C17H16O3. The van der Waals surface area contributed by atoms with E-state index in [1.807, 2.05) is 49.4 Å². The van der Waals surface area contributed by atoms with E-state index >= 15 is 0 Å². The molecular weight excluding hydrogens is 252 g/mol. The Bertz CT molecular complexity index is 598. The molecule has 2 aromatic carbocycles. The number of aliphatic carboxylic acids is 1. The lowest BCUT2D eigenvalue weighted by atomic mass is 10.0. The Morgan fingerprint density at radius 2 is 1.75 bits per heavy atom. The molecule has 0 unspecified atom stereocenters. The Labute approximate surface area is 118 Å². The fraction of sp³-hybridized carbons (Fsp3) is 0.118. The second-order valence-electron chi connectivity index (χ2n) is 4.23. The van der Waals surface area contributed by atoms with E-state index < -0.39 is 5.97 Å². The lowest BCUT2D eigenvalue weighted by Gasteiger charge is -2.05. The van der Waals surface area contributed by atoms with Crippen molar-refractivity contribution in [2.24, 2.45) is 0 Å². The van der Waals surface area contributed by atoms with Crippen LogP contribution in [0.1, 0.15) is 18.1 Å². The third-order valence-electron chi connectivity index (χ3n) is 2.82. The van der Waals surface area contributed by atoms with Crippen molar-refractivity contribution >= 4 is 17.6 Å². The van der Waals surface area contributed by atoms with Gasteiger partial charge in [-0.1, -0.05) is 42.5 Å². The highest BCUT2D eigenvalue weighted by molar-refractivity contribution is 6.20. The highest BCUT2D eigenvalue weighted by atomic mass is 16.5. The smallest absolute Gasteiger partial charge is 0.336 e. The predicted molar refractivity (Wildman–Crippen MR) is 79.6 cm³/mol. The van der Waals surface area contributed by atoms with Gasteiger partial charge in [0.2, 0.25) is 0 Å². The van der Waals surface area contributed by atoms with Crippen LogP contribution >= 0.6 is 0 Å². The number of rotatable bonds is 5. The zero-order valence-electron chi connectivity index (χ0n) is 11.2. The van der Waals surface area contributed by atoms with Crippen LogP contribution in [0.2, 0.25) is 0 Å². The van der Waals surface area contributed by atoms with E-state index in [4.69, 9.17) is 4.74 Å². The van der Waals surface area contributed by atoms with Crippen LogP contribution < -0.4 is 4.74 Å². The molecule has 2 rings (SSSR count). The maximum atomic E-state index is 11.4. The van der Waals surface area contributed by atoms with E-state index in [0.29, 0.717) is 12.2 Å². The standard InChI is InChI=1S/C17H16O3/c1-2-20-15-10-8-13(9-11-15)12-16(17(18)19)14-6-4-3-5-7-14/h3-12H,2H2,1H3,(H,18,19). The van der Waals surface area contributed by atoms with Gasteiger partial charge in [-0.05, 0) is 36.3 Å². The van der Waals surface area contributed by atoms with Gasteiger partial charge < -0.3 is 9.84 Å². The third kappa shape index (κ3) is 3.48. The summed E-state index contributed by atoms with van der Waals surface area (Å²) >= 11 is 0. The molecule has 3 heteroatoms. The van der Waals surface area contributed by atoms with E-state index in [-0.39, 0.29) is 5.57 Å². The third-order valence-corrected chi connectivity index (χ3v) is 2.82. The molecule has 0 saturated heterocycles. The SMILES string of the molecule is CCOc1ccc(C=C(C(=O)O)c2ccccc2)cc1. The van der Waals surface area contributed by atoms with Gasteiger partial charge in [0.1, 0.15) is 5.75 Å². The van der Waals surface area contributed by atoms with E-state index in [2.05, 4.69) is 0 Å². The van der Waals surface area contributed by atoms with Crippen molar-refractivity contribution in [3.8, 4) is 5.75 Å². The molecule has 2 aromatic rings. The molecule has 0 amide bonds. The summed E-state index contributed by atoms with van der Waals surface area (Å²) in [7, 11) is 0. The molecule has 0 aliphatic carbocycles. The van der Waals surface area contributed by atoms with Crippen molar-refractivity contribution in [2.75, 3.05) is 6.61 Å². The highest BCUT2D eigenvalue weighted by Crippen LogP contribution is 2.20. The summed E-state index contributed by atoms with van der Waals surface area (Å²) in [6, 6.07) is 16.4. The molecule has 0 aromatic heterocycles. The van der Waals surface area contributed by atoms with E-state index in [0.717, 1.165) is 11.3 Å². The summed E-state index contributed by atoms with van der Waals surface area (Å²) < 4.78 is 5.36. The minimum Gasteiger partial charge on any atom is -0.494 e. The number of carboxylic acids is 1. The summed E-state index contributed by atoms with van der Waals surface area (Å²) in [5, 5.41) is 9.33. The molecule has 0 fully saturated rings. The van der Waals surface area contributed by atoms with Crippen molar-refractivity contribution in [1.82, 2.24) is 0 Å². The summed E-state index contributed by atoms with van der Waals surface area (Å²) in [4.78, 5) is 11.4. The first-order valence-corrected chi connectivity index (χ1v) is 6.44. The van der Waals surface area contributed by atoms with Crippen LogP contribution in [0.25, 0.3) is 11.6 Å². The van der Waals surface area contributed by atoms with Crippen LogP contribution in [0.4, 0.5) is 0 Å². The molecule has 1 N–H and O–H groups in total. The van der Waals surface area contributed by atoms with Crippen molar-refractivity contribution < 1.29 is 14.6 Å². The maximum Gasteiger partial charge on any atom is 0.336 e. The fourth-order valence-electron chi connectivity index (χ4n) is 1.88. The Morgan fingerprint density at radius 3 is 2.30 bits per heavy atom. The molecule has 0 aliphatic heterocycles. The molecule has 0 saturated carbocycles. The molecule has 20 heavy (non-hydrogen) atoms. The molecule has 0 atom stereocenters. The topological polar surface area (TPSA) is 46.5 Å². The van der Waals surface area contributed by atoms with E-state index in [9.17, 15) is 9.90 Å². The van der Waals surface area contributed by atoms with Crippen LogP contribution in [0.3, 0.4) is 0 Å². The summed E-state index contributed by atoms with van der Waals surface area (Å²) in [5.74, 6) is -0.161. The highest BCUT2D eigenvalue weighted by Gasteiger charge is 2.09. The maximum absolute atomic E-state index is 11.4. The Kier molecular flexibility index (Phi) is 4.56. The summed E-state index contributed by atoms with van der Waals surface area (Å²) in [6.45, 7) is 2.53. The molecule has 102 valence electrons. The van der Waals surface area contributed by atoms with Gasteiger partial charge in [-0.3, -0.25) is 0 Å². The van der Waals surface area contributed by atoms with E-state index in [1.165, 1.54) is 0 Å². The van der Waals surface area contributed by atoms with Crippen LogP contribution in [0.5, 0.6) is 5.75 Å². The van der Waals surface area contributed by atoms with Crippen LogP contribution in [-0.2, 0) is 4.79 Å². The number of hydrogen-bond acceptors (Lipinski definition) is 2. The largest absolute Gasteiger partial charge is 0.494 e. The minimum atomic E-state index is -0.940. The van der Waals surface area contributed by atoms with Gasteiger partial charge in [-0.15, -0.1) is 0 Å². The van der Waals surface area contributed by atoms with Crippen LogP contribution in [0, 0.1) is 0 Å². The van der Waals surface area contributed by atoms with Gasteiger partial charge in [-0.2, -0.15) is 0 Å². The number of hydrogen-bond donors (Lipinski definition) is 1. The van der Waals surface area contributed by atoms with Crippen LogP contribution in [0.15, 0.2) is 54.6 Å². The fourth-order valence-corrected chi connectivity index (χ4v) is 1.88. The lowest BCUT2D eigenvalue weighted by Crippen LogP contribution is -1.99. The normalized spacial score (nSPS) is 11.2. The van der Waals surface area contributed by atoms with Gasteiger partial charge in [0.15, 0.2) is 0 Å². The van der Waals surface area contributed by atoms with Crippen molar-refractivity contribution in [3.05, 3.63) is 65.7 Å². The first-order chi connectivity index (χ1) is 9.70. The number of ether oxygens (including phenoxy) is 1. The Hall–Kier alpha value is -2.55. The molecule has 3 nitrogen and oxygen atoms in total. The van der Waals surface area contributed by atoms with Crippen molar-refractivity contribution in [3.63, 3.8) is 0 Å². The van der Waals surface area contributed by atoms with Gasteiger partial charge in [0.25, 0.3) is 0 Å². The second kappa shape index (κ2) is 6.57. The van der Waals surface area contributed by atoms with Crippen molar-refractivity contribution in [2.45, 2.75) is 6.92 Å². The molecule has 0 spiro atoms. The molecule has 0 heterocycles. The predicted octanol–water partition coefficient (Wildman–Crippen LogP) is 3.71. The van der Waals surface area contributed by atoms with Crippen LogP contribution in [-0.4, -0.2) is 17.7 Å². The number of carboxylic acid groups (broad SMARTS) is 1. The molecule has 0 bridgehead atoms. The summed E-state index contributed by atoms with van der Waals surface area (Å²) in [6.07, 6.45) is 1.66. The van der Waals surface area contributed by atoms with Gasteiger partial charge >= 0.3 is 5.97 Å². The Balaban J connectivity index is 2.32. The zero-order chi connectivity index (χ0) is 14.4. The number of carbonyl (C=O) groups is 1. The van der Waals surface area contributed by atoms with Gasteiger partial charge in [0, 0.05) is 0 Å². The van der Waals surface area contributed by atoms with E-state index in [1.54, 1.807) is 18.2 Å². The quantitative estimate of drug-likeness (QED) is 0.664. The summed E-state index contributed by atoms with van der Waals surface area (Å²) in [5.41, 5.74) is 1.79. The molecule has 0 radical (unpaired) electrons. The van der Waals surface area contributed by atoms with Gasteiger partial charge in [0.05, 0.1) is 12.2 Å². The Morgan fingerprint density at radius 1 is 1.10 bits per heavy atom. The van der Waals surface area contributed by atoms with Gasteiger partial charge in [-0.25, -0.2) is 4.79 Å². The zero-order valence-corrected chi connectivity index (χ0v) is 11.2. The first kappa shape index (κ1) is 13.9. The molecule has 0 aliphatic rings. The van der Waals surface area contributed by atoms with Crippen molar-refractivity contribution in [1.29, 1.82) is 0 Å². The minimum absolute atomic E-state index is 0.273. The second-order valence-corrected chi connectivity index (χ2v) is 4.23.